The number of aromatic amines is 1. The zero-order valence-corrected chi connectivity index (χ0v) is 8.83. The fourth-order valence-corrected chi connectivity index (χ4v) is 2.12. The Kier molecular flexibility index (Phi) is 3.06. The number of aromatic nitrogens is 1. The Hall–Kier alpha value is -1.29. The standard InChI is InChI=1S/C11H17N3O/c12-11(15)9-3-5-13-10(9)4-8-14-6-1-2-7-14/h3,5,13H,1-2,4,6-8H2,(H2,12,15). The number of carbonyl (C=O) groups is 1. The van der Waals surface area contributed by atoms with Gasteiger partial charge in [0.1, 0.15) is 0 Å². The number of H-pyrrole nitrogens is 1. The van der Waals surface area contributed by atoms with E-state index in [4.69, 9.17) is 5.73 Å². The molecule has 0 radical (unpaired) electrons. The van der Waals surface area contributed by atoms with E-state index in [9.17, 15) is 4.79 Å². The number of nitrogens with two attached hydrogens (primary N) is 1. The highest BCUT2D eigenvalue weighted by Crippen LogP contribution is 2.11. The Morgan fingerprint density at radius 1 is 1.47 bits per heavy atom. The van der Waals surface area contributed by atoms with E-state index in [0.29, 0.717) is 5.56 Å². The maximum atomic E-state index is 11.1. The number of primary amides is 1. The van der Waals surface area contributed by atoms with Gasteiger partial charge in [-0.1, -0.05) is 0 Å². The van der Waals surface area contributed by atoms with Crippen LogP contribution in [0.2, 0.25) is 0 Å². The number of carbonyl (C=O) groups excluding carboxylic acids is 1. The highest BCUT2D eigenvalue weighted by molar-refractivity contribution is 5.94. The van der Waals surface area contributed by atoms with Crippen molar-refractivity contribution in [2.75, 3.05) is 19.6 Å². The number of likely N-dealkylation sites (tertiary alicyclic amines) is 1. The van der Waals surface area contributed by atoms with Crippen LogP contribution in [-0.4, -0.2) is 35.4 Å². The van der Waals surface area contributed by atoms with Crippen molar-refractivity contribution in [3.05, 3.63) is 23.5 Å². The lowest BCUT2D eigenvalue weighted by Crippen LogP contribution is -2.23. The molecule has 0 atom stereocenters. The summed E-state index contributed by atoms with van der Waals surface area (Å²) < 4.78 is 0. The first kappa shape index (κ1) is 10.2. The summed E-state index contributed by atoms with van der Waals surface area (Å²) in [6.45, 7) is 3.39. The first-order valence-electron chi connectivity index (χ1n) is 5.46. The largest absolute Gasteiger partial charge is 0.366 e. The minimum absolute atomic E-state index is 0.340. The second-order valence-electron chi connectivity index (χ2n) is 4.03. The first-order valence-corrected chi connectivity index (χ1v) is 5.46. The van der Waals surface area contributed by atoms with Crippen LogP contribution in [0, 0.1) is 0 Å². The molecule has 0 spiro atoms. The van der Waals surface area contributed by atoms with Crippen molar-refractivity contribution >= 4 is 5.91 Å². The highest BCUT2D eigenvalue weighted by Gasteiger charge is 2.13. The van der Waals surface area contributed by atoms with Crippen molar-refractivity contribution in [2.45, 2.75) is 19.3 Å². The van der Waals surface area contributed by atoms with E-state index in [1.165, 1.54) is 25.9 Å². The summed E-state index contributed by atoms with van der Waals surface area (Å²) in [5, 5.41) is 0. The lowest BCUT2D eigenvalue weighted by molar-refractivity contribution is 0.0999. The van der Waals surface area contributed by atoms with Crippen LogP contribution >= 0.6 is 0 Å². The van der Waals surface area contributed by atoms with E-state index >= 15 is 0 Å². The summed E-state index contributed by atoms with van der Waals surface area (Å²) in [7, 11) is 0. The molecule has 1 aliphatic heterocycles. The smallest absolute Gasteiger partial charge is 0.250 e. The molecule has 1 aromatic rings. The summed E-state index contributed by atoms with van der Waals surface area (Å²) in [5.74, 6) is -0.340. The Balaban J connectivity index is 1.92. The molecule has 0 saturated carbocycles. The second kappa shape index (κ2) is 4.49. The van der Waals surface area contributed by atoms with Crippen molar-refractivity contribution < 1.29 is 4.79 Å². The van der Waals surface area contributed by atoms with Gasteiger partial charge >= 0.3 is 0 Å². The molecule has 0 unspecified atom stereocenters. The van der Waals surface area contributed by atoms with E-state index in [1.54, 1.807) is 12.3 Å². The lowest BCUT2D eigenvalue weighted by atomic mass is 10.2. The third-order valence-corrected chi connectivity index (χ3v) is 2.97. The molecular weight excluding hydrogens is 190 g/mol. The average Bonchev–Trinajstić information content (AvgIpc) is 2.86. The summed E-state index contributed by atoms with van der Waals surface area (Å²) in [6.07, 6.45) is 5.26. The maximum Gasteiger partial charge on any atom is 0.250 e. The number of hydrogen-bond acceptors (Lipinski definition) is 2. The molecule has 1 aromatic heterocycles. The predicted octanol–water partition coefficient (Wildman–Crippen LogP) is 0.752. The monoisotopic (exact) mass is 207 g/mol. The Labute approximate surface area is 89.5 Å². The molecule has 1 fully saturated rings. The third kappa shape index (κ3) is 2.39. The number of nitrogens with zero attached hydrogens (tertiary/aromatic N) is 1. The molecule has 0 aliphatic carbocycles. The Morgan fingerprint density at radius 3 is 2.87 bits per heavy atom. The van der Waals surface area contributed by atoms with Gasteiger partial charge in [-0.15, -0.1) is 0 Å². The van der Waals surface area contributed by atoms with Crippen LogP contribution in [0.25, 0.3) is 0 Å². The molecule has 2 heterocycles. The van der Waals surface area contributed by atoms with Crippen molar-refractivity contribution in [3.63, 3.8) is 0 Å². The van der Waals surface area contributed by atoms with E-state index in [-0.39, 0.29) is 5.91 Å². The van der Waals surface area contributed by atoms with Crippen molar-refractivity contribution in [2.24, 2.45) is 5.73 Å². The molecule has 0 aromatic carbocycles. The average molecular weight is 207 g/mol. The van der Waals surface area contributed by atoms with Gasteiger partial charge < -0.3 is 15.6 Å². The van der Waals surface area contributed by atoms with E-state index < -0.39 is 0 Å². The quantitative estimate of drug-likeness (QED) is 0.765. The van der Waals surface area contributed by atoms with Gasteiger partial charge in [0.15, 0.2) is 0 Å². The van der Waals surface area contributed by atoms with E-state index in [0.717, 1.165) is 18.7 Å². The van der Waals surface area contributed by atoms with Crippen molar-refractivity contribution in [1.82, 2.24) is 9.88 Å². The van der Waals surface area contributed by atoms with Gasteiger partial charge in [0.05, 0.1) is 5.56 Å². The predicted molar refractivity (Wildman–Crippen MR) is 58.7 cm³/mol. The van der Waals surface area contributed by atoms with E-state index in [2.05, 4.69) is 9.88 Å². The first-order chi connectivity index (χ1) is 7.27. The normalized spacial score (nSPS) is 17.1. The number of rotatable bonds is 4. The molecule has 4 nitrogen and oxygen atoms in total. The summed E-state index contributed by atoms with van der Waals surface area (Å²) in [4.78, 5) is 16.6. The molecular formula is C11H17N3O. The fraction of sp³-hybridized carbons (Fsp3) is 0.545. The van der Waals surface area contributed by atoms with Gasteiger partial charge in [-0.3, -0.25) is 4.79 Å². The molecule has 82 valence electrons. The minimum Gasteiger partial charge on any atom is -0.366 e. The van der Waals surface area contributed by atoms with Crippen molar-refractivity contribution in [3.8, 4) is 0 Å². The molecule has 1 amide bonds. The third-order valence-electron chi connectivity index (χ3n) is 2.97. The number of hydrogen-bond donors (Lipinski definition) is 2. The number of amides is 1. The molecule has 1 saturated heterocycles. The van der Waals surface area contributed by atoms with Crippen LogP contribution in [0.3, 0.4) is 0 Å². The SMILES string of the molecule is NC(=O)c1cc[nH]c1CCN1CCCC1. The van der Waals surface area contributed by atoms with Gasteiger partial charge in [0.2, 0.25) is 0 Å². The van der Waals surface area contributed by atoms with Crippen LogP contribution in [-0.2, 0) is 6.42 Å². The van der Waals surface area contributed by atoms with Gasteiger partial charge in [-0.2, -0.15) is 0 Å². The fourth-order valence-electron chi connectivity index (χ4n) is 2.12. The Bertz CT molecular complexity index is 339. The van der Waals surface area contributed by atoms with Crippen LogP contribution in [0.5, 0.6) is 0 Å². The lowest BCUT2D eigenvalue weighted by Gasteiger charge is -2.13. The highest BCUT2D eigenvalue weighted by atomic mass is 16.1. The zero-order chi connectivity index (χ0) is 10.7. The molecule has 4 heteroatoms. The van der Waals surface area contributed by atoms with Crippen molar-refractivity contribution in [1.29, 1.82) is 0 Å². The topological polar surface area (TPSA) is 62.1 Å². The molecule has 3 N–H and O–H groups in total. The van der Waals surface area contributed by atoms with Gasteiger partial charge in [0, 0.05) is 24.9 Å². The minimum atomic E-state index is -0.340. The summed E-state index contributed by atoms with van der Waals surface area (Å²) in [6, 6.07) is 1.75. The summed E-state index contributed by atoms with van der Waals surface area (Å²) in [5.41, 5.74) is 6.87. The van der Waals surface area contributed by atoms with Gasteiger partial charge in [0.25, 0.3) is 5.91 Å². The van der Waals surface area contributed by atoms with Crippen LogP contribution in [0.1, 0.15) is 28.9 Å². The molecule has 15 heavy (non-hydrogen) atoms. The maximum absolute atomic E-state index is 11.1. The molecule has 2 rings (SSSR count). The van der Waals surface area contributed by atoms with Crippen LogP contribution in [0.4, 0.5) is 0 Å². The molecule has 1 aliphatic rings. The summed E-state index contributed by atoms with van der Waals surface area (Å²) >= 11 is 0. The zero-order valence-electron chi connectivity index (χ0n) is 8.83. The van der Waals surface area contributed by atoms with Gasteiger partial charge in [-0.25, -0.2) is 0 Å². The number of nitrogens with one attached hydrogen (secondary N) is 1. The van der Waals surface area contributed by atoms with Gasteiger partial charge in [-0.05, 0) is 32.0 Å². The van der Waals surface area contributed by atoms with Crippen LogP contribution in [0.15, 0.2) is 12.3 Å². The van der Waals surface area contributed by atoms with Crippen LogP contribution < -0.4 is 5.73 Å². The molecule has 0 bridgehead atoms. The Morgan fingerprint density at radius 2 is 2.20 bits per heavy atom. The van der Waals surface area contributed by atoms with E-state index in [1.807, 2.05) is 0 Å². The second-order valence-corrected chi connectivity index (χ2v) is 4.03.